The van der Waals surface area contributed by atoms with Crippen molar-refractivity contribution in [3.8, 4) is 0 Å². The first kappa shape index (κ1) is 36.0. The van der Waals surface area contributed by atoms with Gasteiger partial charge in [0.25, 0.3) is 0 Å². The monoisotopic (exact) mass is 692 g/mol. The van der Waals surface area contributed by atoms with Crippen LogP contribution in [-0.4, -0.2) is 116 Å². The minimum absolute atomic E-state index is 0.146. The fourth-order valence-electron chi connectivity index (χ4n) is 7.02. The summed E-state index contributed by atoms with van der Waals surface area (Å²) in [6, 6.07) is 9.18. The van der Waals surface area contributed by atoms with Gasteiger partial charge in [-0.3, -0.25) is 9.69 Å². The van der Waals surface area contributed by atoms with E-state index in [-0.39, 0.29) is 29.0 Å². The van der Waals surface area contributed by atoms with E-state index in [2.05, 4.69) is 27.5 Å². The molecule has 2 aromatic rings. The second-order valence-corrected chi connectivity index (χ2v) is 13.7. The molecule has 0 spiro atoms. The number of piperidine rings is 2. The van der Waals surface area contributed by atoms with Crippen molar-refractivity contribution in [3.05, 3.63) is 58.1 Å². The van der Waals surface area contributed by atoms with Gasteiger partial charge in [-0.25, -0.2) is 4.79 Å². The summed E-state index contributed by atoms with van der Waals surface area (Å²) >= 11 is 6.12. The van der Waals surface area contributed by atoms with Gasteiger partial charge in [0.1, 0.15) is 6.04 Å². The minimum atomic E-state index is -4.72. The van der Waals surface area contributed by atoms with E-state index in [9.17, 15) is 22.8 Å². The maximum Gasteiger partial charge on any atom is 0.418 e. The second kappa shape index (κ2) is 16.0. The predicted molar refractivity (Wildman–Crippen MR) is 183 cm³/mol. The number of nitrogens with one attached hydrogen (secondary N) is 2. The number of hydrogen-bond acceptors (Lipinski definition) is 7. The molecular weight excluding hydrogens is 645 g/mol. The smallest absolute Gasteiger partial charge is 0.399 e. The standard InChI is InChI=1S/C34H48ClF3N8O2/c1-43-16-18-44(19-17-43)26-9-14-45(15-10-26)32(47)30(22-23-20-27(34(36,37)38)31(40)28(35)21-23)42-33(48)46-12-7-25(8-13-46)41-11-6-24-4-2-3-5-29(24)39/h2-5,20-21,25-26,30,41H,6-19,22,39-40H2,1H3,(H,42,48)/t30-/m1/s1. The number of likely N-dealkylation sites (tertiary alicyclic amines) is 2. The number of alkyl halides is 3. The number of likely N-dealkylation sites (N-methyl/N-ethyl adjacent to an activating group) is 1. The molecule has 0 bridgehead atoms. The average molecular weight is 693 g/mol. The molecule has 0 unspecified atom stereocenters. The number of amides is 3. The lowest BCUT2D eigenvalue weighted by Crippen LogP contribution is -2.57. The largest absolute Gasteiger partial charge is 0.418 e. The highest BCUT2D eigenvalue weighted by atomic mass is 35.5. The van der Waals surface area contributed by atoms with Crippen molar-refractivity contribution >= 4 is 34.9 Å². The average Bonchev–Trinajstić information content (AvgIpc) is 3.06. The Labute approximate surface area is 285 Å². The van der Waals surface area contributed by atoms with Gasteiger partial charge in [-0.05, 0) is 75.0 Å². The van der Waals surface area contributed by atoms with Gasteiger partial charge in [0, 0.05) is 76.5 Å². The number of anilines is 2. The molecule has 0 radical (unpaired) electrons. The van der Waals surface area contributed by atoms with Gasteiger partial charge in [0.05, 0.1) is 16.3 Å². The lowest BCUT2D eigenvalue weighted by molar-refractivity contribution is -0.137. The SMILES string of the molecule is CN1CCN(C2CCN(C(=O)[C@@H](Cc3cc(Cl)c(N)c(C(F)(F)F)c3)NC(=O)N3CCC(NCCc4ccccc4N)CC3)CC2)CC1. The molecule has 3 aliphatic heterocycles. The summed E-state index contributed by atoms with van der Waals surface area (Å²) in [4.78, 5) is 35.7. The van der Waals surface area contributed by atoms with E-state index in [1.165, 1.54) is 6.07 Å². The zero-order valence-electron chi connectivity index (χ0n) is 27.6. The number of rotatable bonds is 9. The molecule has 0 aliphatic carbocycles. The molecule has 0 aromatic heterocycles. The van der Waals surface area contributed by atoms with Gasteiger partial charge >= 0.3 is 12.2 Å². The van der Waals surface area contributed by atoms with Crippen molar-refractivity contribution in [2.45, 2.75) is 62.8 Å². The van der Waals surface area contributed by atoms with Crippen LogP contribution in [0.15, 0.2) is 36.4 Å². The Bertz CT molecular complexity index is 1410. The van der Waals surface area contributed by atoms with Gasteiger partial charge in [0.15, 0.2) is 0 Å². The maximum atomic E-state index is 14.0. The van der Waals surface area contributed by atoms with E-state index >= 15 is 0 Å². The number of carbonyl (C=O) groups excluding carboxylic acids is 2. The normalized spacial score (nSPS) is 19.8. The number of piperazine rings is 1. The Morgan fingerprint density at radius 3 is 2.23 bits per heavy atom. The van der Waals surface area contributed by atoms with Crippen LogP contribution >= 0.6 is 11.6 Å². The third-order valence-corrected chi connectivity index (χ3v) is 10.3. The highest BCUT2D eigenvalue weighted by molar-refractivity contribution is 6.33. The number of carbonyl (C=O) groups is 2. The van der Waals surface area contributed by atoms with Gasteiger partial charge in [-0.15, -0.1) is 0 Å². The van der Waals surface area contributed by atoms with Crippen molar-refractivity contribution in [1.82, 2.24) is 30.2 Å². The fourth-order valence-corrected chi connectivity index (χ4v) is 7.26. The zero-order valence-corrected chi connectivity index (χ0v) is 28.3. The predicted octanol–water partition coefficient (Wildman–Crippen LogP) is 3.68. The number of para-hydroxylation sites is 1. The second-order valence-electron chi connectivity index (χ2n) is 13.3. The summed E-state index contributed by atoms with van der Waals surface area (Å²) in [5.74, 6) is -0.307. The molecule has 6 N–H and O–H groups in total. The van der Waals surface area contributed by atoms with Crippen molar-refractivity contribution in [3.63, 3.8) is 0 Å². The highest BCUT2D eigenvalue weighted by Gasteiger charge is 2.37. The van der Waals surface area contributed by atoms with E-state index in [4.69, 9.17) is 23.1 Å². The third kappa shape index (κ3) is 9.25. The van der Waals surface area contributed by atoms with Crippen LogP contribution in [0.3, 0.4) is 0 Å². The maximum absolute atomic E-state index is 14.0. The van der Waals surface area contributed by atoms with Gasteiger partial charge in [0.2, 0.25) is 5.91 Å². The molecule has 5 rings (SSSR count). The molecule has 14 heteroatoms. The molecule has 10 nitrogen and oxygen atoms in total. The van der Waals surface area contributed by atoms with Gasteiger partial charge in [-0.2, -0.15) is 13.2 Å². The Morgan fingerprint density at radius 1 is 0.938 bits per heavy atom. The molecule has 2 aromatic carbocycles. The molecule has 0 saturated carbocycles. The fraction of sp³-hybridized carbons (Fsp3) is 0.588. The summed E-state index contributed by atoms with van der Waals surface area (Å²) in [5.41, 5.74) is 12.1. The summed E-state index contributed by atoms with van der Waals surface area (Å²) < 4.78 is 41.3. The number of nitrogens with two attached hydrogens (primary N) is 2. The number of halogens is 4. The van der Waals surface area contributed by atoms with Crippen LogP contribution in [-0.2, 0) is 23.8 Å². The van der Waals surface area contributed by atoms with E-state index in [0.717, 1.165) is 82.1 Å². The van der Waals surface area contributed by atoms with Crippen LogP contribution in [0.2, 0.25) is 5.02 Å². The first-order valence-corrected chi connectivity index (χ1v) is 17.3. The lowest BCUT2D eigenvalue weighted by Gasteiger charge is -2.42. The zero-order chi connectivity index (χ0) is 34.4. The van der Waals surface area contributed by atoms with Crippen molar-refractivity contribution < 1.29 is 22.8 Å². The van der Waals surface area contributed by atoms with E-state index in [0.29, 0.717) is 32.2 Å². The number of urea groups is 1. The van der Waals surface area contributed by atoms with Crippen LogP contribution in [0.25, 0.3) is 0 Å². The molecule has 3 heterocycles. The Kier molecular flexibility index (Phi) is 12.0. The van der Waals surface area contributed by atoms with E-state index in [1.807, 2.05) is 24.3 Å². The molecule has 3 fully saturated rings. The van der Waals surface area contributed by atoms with E-state index in [1.54, 1.807) is 9.80 Å². The van der Waals surface area contributed by atoms with Crippen molar-refractivity contribution in [2.24, 2.45) is 0 Å². The van der Waals surface area contributed by atoms with Crippen LogP contribution in [0.1, 0.15) is 42.4 Å². The third-order valence-electron chi connectivity index (χ3n) is 10.0. The first-order chi connectivity index (χ1) is 22.9. The molecule has 1 atom stereocenters. The topological polar surface area (TPSA) is 123 Å². The van der Waals surface area contributed by atoms with Gasteiger partial charge in [-0.1, -0.05) is 29.8 Å². The van der Waals surface area contributed by atoms with Crippen LogP contribution in [0.5, 0.6) is 0 Å². The number of hydrogen-bond donors (Lipinski definition) is 4. The van der Waals surface area contributed by atoms with Crippen molar-refractivity contribution in [2.75, 3.05) is 77.4 Å². The Morgan fingerprint density at radius 2 is 1.58 bits per heavy atom. The quantitative estimate of drug-likeness (QED) is 0.296. The first-order valence-electron chi connectivity index (χ1n) is 16.9. The molecule has 3 amide bonds. The van der Waals surface area contributed by atoms with Gasteiger partial charge < -0.3 is 36.8 Å². The number of benzene rings is 2. The molecular formula is C34H48ClF3N8O2. The minimum Gasteiger partial charge on any atom is -0.399 e. The summed E-state index contributed by atoms with van der Waals surface area (Å²) in [7, 11) is 2.11. The van der Waals surface area contributed by atoms with Crippen molar-refractivity contribution in [1.29, 1.82) is 0 Å². The molecule has 48 heavy (non-hydrogen) atoms. The number of nitrogens with zero attached hydrogens (tertiary/aromatic N) is 4. The Hall–Kier alpha value is -3.26. The lowest BCUT2D eigenvalue weighted by atomic mass is 9.98. The summed E-state index contributed by atoms with van der Waals surface area (Å²) in [5, 5.41) is 6.19. The van der Waals surface area contributed by atoms with Crippen LogP contribution in [0.4, 0.5) is 29.3 Å². The van der Waals surface area contributed by atoms with E-state index < -0.39 is 29.5 Å². The Balaban J connectivity index is 1.21. The van der Waals surface area contributed by atoms with Crippen LogP contribution < -0.4 is 22.1 Å². The summed E-state index contributed by atoms with van der Waals surface area (Å²) in [6.07, 6.45) is -0.985. The highest BCUT2D eigenvalue weighted by Crippen LogP contribution is 2.38. The molecule has 3 saturated heterocycles. The van der Waals surface area contributed by atoms with Crippen LogP contribution in [0, 0.1) is 0 Å². The molecule has 3 aliphatic rings. The molecule has 264 valence electrons. The summed E-state index contributed by atoms with van der Waals surface area (Å²) in [6.45, 7) is 6.76. The number of nitrogen functional groups attached to an aromatic ring is 2.